The molecule has 12 heavy (non-hydrogen) atoms. The summed E-state index contributed by atoms with van der Waals surface area (Å²) in [5, 5.41) is 12.5. The van der Waals surface area contributed by atoms with Crippen molar-refractivity contribution < 1.29 is 5.11 Å². The second kappa shape index (κ2) is 4.83. The normalized spacial score (nSPS) is 24.2. The molecule has 2 N–H and O–H groups in total. The van der Waals surface area contributed by atoms with Crippen LogP contribution in [0.5, 0.6) is 0 Å². The third-order valence-corrected chi connectivity index (χ3v) is 2.84. The molecule has 0 amide bonds. The van der Waals surface area contributed by atoms with Gasteiger partial charge in [0.05, 0.1) is 6.10 Å². The highest BCUT2D eigenvalue weighted by molar-refractivity contribution is 4.77. The third kappa shape index (κ3) is 3.11. The summed E-state index contributed by atoms with van der Waals surface area (Å²) in [6.45, 7) is 4.80. The summed E-state index contributed by atoms with van der Waals surface area (Å²) in [7, 11) is 0. The lowest BCUT2D eigenvalue weighted by atomic mass is 10.00. The van der Waals surface area contributed by atoms with Crippen molar-refractivity contribution in [2.45, 2.75) is 51.7 Å². The first kappa shape index (κ1) is 10.0. The maximum Gasteiger partial charge on any atom is 0.0636 e. The molecule has 0 aromatic rings. The maximum absolute atomic E-state index is 9.08. The fraction of sp³-hybridized carbons (Fsp3) is 1.00. The molecule has 0 bridgehead atoms. The number of nitrogens with one attached hydrogen (secondary N) is 1. The van der Waals surface area contributed by atoms with E-state index < -0.39 is 0 Å². The van der Waals surface area contributed by atoms with E-state index in [0.717, 1.165) is 12.5 Å². The second-order valence-electron chi connectivity index (χ2n) is 4.09. The molecule has 1 rings (SSSR count). The summed E-state index contributed by atoms with van der Waals surface area (Å²) >= 11 is 0. The molecular weight excluding hydrogens is 150 g/mol. The number of aliphatic hydroxyl groups is 1. The van der Waals surface area contributed by atoms with Crippen molar-refractivity contribution in [2.75, 3.05) is 6.54 Å². The minimum atomic E-state index is -0.214. The zero-order valence-corrected chi connectivity index (χ0v) is 8.21. The molecule has 2 heteroatoms. The summed E-state index contributed by atoms with van der Waals surface area (Å²) in [5.41, 5.74) is 0. The molecule has 0 aliphatic heterocycles. The number of hydrogen-bond acceptors (Lipinski definition) is 2. The summed E-state index contributed by atoms with van der Waals surface area (Å²) < 4.78 is 0. The highest BCUT2D eigenvalue weighted by Crippen LogP contribution is 2.27. The van der Waals surface area contributed by atoms with Gasteiger partial charge in [0.2, 0.25) is 0 Å². The van der Waals surface area contributed by atoms with Crippen LogP contribution in [-0.2, 0) is 0 Å². The molecule has 1 aliphatic carbocycles. The van der Waals surface area contributed by atoms with E-state index in [-0.39, 0.29) is 6.10 Å². The van der Waals surface area contributed by atoms with Crippen molar-refractivity contribution in [2.24, 2.45) is 5.92 Å². The monoisotopic (exact) mass is 171 g/mol. The van der Waals surface area contributed by atoms with E-state index in [4.69, 9.17) is 5.11 Å². The lowest BCUT2D eigenvalue weighted by Gasteiger charge is -2.21. The average Bonchev–Trinajstić information content (AvgIpc) is 2.51. The average molecular weight is 171 g/mol. The Bertz CT molecular complexity index is 119. The van der Waals surface area contributed by atoms with Gasteiger partial charge in [0.25, 0.3) is 0 Å². The van der Waals surface area contributed by atoms with Gasteiger partial charge in [-0.2, -0.15) is 0 Å². The Labute approximate surface area is 75.4 Å². The molecule has 2 nitrogen and oxygen atoms in total. The molecule has 1 saturated carbocycles. The first-order chi connectivity index (χ1) is 5.70. The Kier molecular flexibility index (Phi) is 4.02. The van der Waals surface area contributed by atoms with Gasteiger partial charge in [-0.25, -0.2) is 0 Å². The first-order valence-electron chi connectivity index (χ1n) is 5.11. The Morgan fingerprint density at radius 3 is 2.42 bits per heavy atom. The third-order valence-electron chi connectivity index (χ3n) is 2.84. The van der Waals surface area contributed by atoms with E-state index in [0.29, 0.717) is 6.04 Å². The van der Waals surface area contributed by atoms with Crippen molar-refractivity contribution in [3.05, 3.63) is 0 Å². The molecule has 2 atom stereocenters. The molecular formula is C10H21NO. The summed E-state index contributed by atoms with van der Waals surface area (Å²) in [4.78, 5) is 0. The van der Waals surface area contributed by atoms with Crippen LogP contribution in [0, 0.1) is 5.92 Å². The van der Waals surface area contributed by atoms with Crippen LogP contribution in [0.2, 0.25) is 0 Å². The van der Waals surface area contributed by atoms with Crippen LogP contribution in [0.15, 0.2) is 0 Å². The van der Waals surface area contributed by atoms with Gasteiger partial charge < -0.3 is 10.4 Å². The Morgan fingerprint density at radius 2 is 1.92 bits per heavy atom. The Morgan fingerprint density at radius 1 is 1.33 bits per heavy atom. The minimum absolute atomic E-state index is 0.214. The zero-order chi connectivity index (χ0) is 8.97. The van der Waals surface area contributed by atoms with Crippen LogP contribution in [0.3, 0.4) is 0 Å². The number of rotatable bonds is 4. The van der Waals surface area contributed by atoms with Crippen LogP contribution in [0.1, 0.15) is 39.5 Å². The van der Waals surface area contributed by atoms with E-state index in [1.807, 2.05) is 6.92 Å². The van der Waals surface area contributed by atoms with Crippen LogP contribution in [0.25, 0.3) is 0 Å². The summed E-state index contributed by atoms with van der Waals surface area (Å²) in [5.74, 6) is 0.851. The minimum Gasteiger partial charge on any atom is -0.392 e. The van der Waals surface area contributed by atoms with Gasteiger partial charge in [0.1, 0.15) is 0 Å². The van der Waals surface area contributed by atoms with E-state index in [9.17, 15) is 0 Å². The molecule has 1 unspecified atom stereocenters. The van der Waals surface area contributed by atoms with Gasteiger partial charge in [-0.05, 0) is 32.6 Å². The Balaban J connectivity index is 2.13. The van der Waals surface area contributed by atoms with Crippen molar-refractivity contribution in [3.63, 3.8) is 0 Å². The van der Waals surface area contributed by atoms with E-state index in [1.165, 1.54) is 25.7 Å². The van der Waals surface area contributed by atoms with Gasteiger partial charge in [-0.3, -0.25) is 0 Å². The lowest BCUT2D eigenvalue weighted by Crippen LogP contribution is -2.36. The van der Waals surface area contributed by atoms with Gasteiger partial charge in [-0.15, -0.1) is 0 Å². The standard InChI is InChI=1S/C10H21NO/c1-8(12)7-11-9(2)10-5-3-4-6-10/h8-12H,3-7H2,1-2H3/t8?,9-/m1/s1. The largest absolute Gasteiger partial charge is 0.392 e. The molecule has 1 aliphatic rings. The number of aliphatic hydroxyl groups excluding tert-OH is 1. The molecule has 0 heterocycles. The van der Waals surface area contributed by atoms with Gasteiger partial charge in [0, 0.05) is 12.6 Å². The predicted molar refractivity (Wildman–Crippen MR) is 51.1 cm³/mol. The van der Waals surface area contributed by atoms with Gasteiger partial charge in [0.15, 0.2) is 0 Å². The first-order valence-corrected chi connectivity index (χ1v) is 5.11. The van der Waals surface area contributed by atoms with E-state index in [1.54, 1.807) is 0 Å². The highest BCUT2D eigenvalue weighted by atomic mass is 16.3. The molecule has 0 saturated heterocycles. The molecule has 1 fully saturated rings. The second-order valence-corrected chi connectivity index (χ2v) is 4.09. The fourth-order valence-corrected chi connectivity index (χ4v) is 1.98. The SMILES string of the molecule is CC(O)CN[C@H](C)C1CCCC1. The van der Waals surface area contributed by atoms with Crippen LogP contribution >= 0.6 is 0 Å². The zero-order valence-electron chi connectivity index (χ0n) is 8.21. The van der Waals surface area contributed by atoms with Gasteiger partial charge in [-0.1, -0.05) is 12.8 Å². The quantitative estimate of drug-likeness (QED) is 0.672. The van der Waals surface area contributed by atoms with Crippen LogP contribution in [0.4, 0.5) is 0 Å². The maximum atomic E-state index is 9.08. The summed E-state index contributed by atoms with van der Waals surface area (Å²) in [6.07, 6.45) is 5.31. The topological polar surface area (TPSA) is 32.3 Å². The molecule has 0 aromatic carbocycles. The van der Waals surface area contributed by atoms with Crippen molar-refractivity contribution in [1.82, 2.24) is 5.32 Å². The van der Waals surface area contributed by atoms with Crippen LogP contribution in [-0.4, -0.2) is 23.8 Å². The van der Waals surface area contributed by atoms with Crippen LogP contribution < -0.4 is 5.32 Å². The molecule has 0 radical (unpaired) electrons. The van der Waals surface area contributed by atoms with Crippen molar-refractivity contribution in [3.8, 4) is 0 Å². The van der Waals surface area contributed by atoms with Crippen molar-refractivity contribution in [1.29, 1.82) is 0 Å². The van der Waals surface area contributed by atoms with Crippen molar-refractivity contribution >= 4 is 0 Å². The molecule has 0 spiro atoms. The van der Waals surface area contributed by atoms with E-state index in [2.05, 4.69) is 12.2 Å². The lowest BCUT2D eigenvalue weighted by molar-refractivity contribution is 0.181. The fourth-order valence-electron chi connectivity index (χ4n) is 1.98. The molecule has 72 valence electrons. The smallest absolute Gasteiger partial charge is 0.0636 e. The van der Waals surface area contributed by atoms with Gasteiger partial charge >= 0.3 is 0 Å². The molecule has 0 aromatic heterocycles. The Hall–Kier alpha value is -0.0800. The number of hydrogen-bond donors (Lipinski definition) is 2. The summed E-state index contributed by atoms with van der Waals surface area (Å²) in [6, 6.07) is 0.585. The van der Waals surface area contributed by atoms with E-state index >= 15 is 0 Å². The highest BCUT2D eigenvalue weighted by Gasteiger charge is 2.20. The predicted octanol–water partition coefficient (Wildman–Crippen LogP) is 1.54.